The van der Waals surface area contributed by atoms with E-state index >= 15 is 0 Å². The second-order valence-electron chi connectivity index (χ2n) is 5.04. The van der Waals surface area contributed by atoms with Crippen molar-refractivity contribution in [2.75, 3.05) is 17.7 Å². The van der Waals surface area contributed by atoms with Gasteiger partial charge in [-0.2, -0.15) is 15.0 Å². The van der Waals surface area contributed by atoms with Crippen LogP contribution < -0.4 is 15.8 Å². The van der Waals surface area contributed by atoms with Crippen molar-refractivity contribution in [1.82, 2.24) is 15.0 Å². The van der Waals surface area contributed by atoms with Gasteiger partial charge in [0.15, 0.2) is 0 Å². The van der Waals surface area contributed by atoms with Gasteiger partial charge in [-0.15, -0.1) is 0 Å². The highest BCUT2D eigenvalue weighted by atomic mass is 16.5. The fourth-order valence-corrected chi connectivity index (χ4v) is 1.86. The topological polar surface area (TPSA) is 86.0 Å². The minimum atomic E-state index is 0.187. The largest absolute Gasteiger partial charge is 0.463 e. The number of rotatable bonds is 10. The van der Waals surface area contributed by atoms with E-state index in [9.17, 15) is 0 Å². The quantitative estimate of drug-likeness (QED) is 0.641. The summed E-state index contributed by atoms with van der Waals surface area (Å²) in [7, 11) is 0. The molecule has 1 heterocycles. The van der Waals surface area contributed by atoms with Crippen molar-refractivity contribution >= 4 is 11.9 Å². The molecule has 3 N–H and O–H groups in total. The van der Waals surface area contributed by atoms with Crippen molar-refractivity contribution in [3.05, 3.63) is 0 Å². The lowest BCUT2D eigenvalue weighted by Crippen LogP contribution is -2.18. The molecule has 0 bridgehead atoms. The highest BCUT2D eigenvalue weighted by molar-refractivity contribution is 5.33. The van der Waals surface area contributed by atoms with Crippen LogP contribution in [0, 0.1) is 0 Å². The van der Waals surface area contributed by atoms with E-state index in [1.165, 1.54) is 25.7 Å². The number of nitrogens with one attached hydrogen (secondary N) is 1. The van der Waals surface area contributed by atoms with Crippen LogP contribution in [0.1, 0.15) is 59.3 Å². The van der Waals surface area contributed by atoms with Gasteiger partial charge in [0.25, 0.3) is 0 Å². The number of nitrogens with zero attached hydrogens (tertiary/aromatic N) is 3. The van der Waals surface area contributed by atoms with Crippen LogP contribution in [-0.2, 0) is 0 Å². The molecule has 0 amide bonds. The Balaban J connectivity index is 2.47. The van der Waals surface area contributed by atoms with Gasteiger partial charge in [-0.3, -0.25) is 0 Å². The van der Waals surface area contributed by atoms with E-state index in [2.05, 4.69) is 34.1 Å². The first-order valence-corrected chi connectivity index (χ1v) is 7.56. The average Bonchev–Trinajstić information content (AvgIpc) is 2.41. The fourth-order valence-electron chi connectivity index (χ4n) is 1.86. The van der Waals surface area contributed by atoms with Gasteiger partial charge in [-0.05, 0) is 19.8 Å². The van der Waals surface area contributed by atoms with Gasteiger partial charge in [0.1, 0.15) is 0 Å². The SMILES string of the molecule is CCCCCCC(C)Nc1nc(N)nc(OCCC)n1. The second-order valence-corrected chi connectivity index (χ2v) is 5.04. The van der Waals surface area contributed by atoms with Gasteiger partial charge in [0.05, 0.1) is 6.61 Å². The van der Waals surface area contributed by atoms with Gasteiger partial charge in [-0.1, -0.05) is 39.5 Å². The number of anilines is 2. The smallest absolute Gasteiger partial charge is 0.323 e. The van der Waals surface area contributed by atoms with Crippen LogP contribution >= 0.6 is 0 Å². The summed E-state index contributed by atoms with van der Waals surface area (Å²) in [5.74, 6) is 0.679. The monoisotopic (exact) mass is 281 g/mol. The van der Waals surface area contributed by atoms with E-state index in [0.29, 0.717) is 24.6 Å². The normalized spacial score (nSPS) is 12.2. The molecule has 1 aromatic rings. The third-order valence-electron chi connectivity index (χ3n) is 2.93. The number of unbranched alkanes of at least 4 members (excludes halogenated alkanes) is 3. The molecular weight excluding hydrogens is 254 g/mol. The average molecular weight is 281 g/mol. The van der Waals surface area contributed by atoms with E-state index in [-0.39, 0.29) is 5.95 Å². The molecule has 1 aromatic heterocycles. The lowest BCUT2D eigenvalue weighted by atomic mass is 10.1. The molecule has 6 nitrogen and oxygen atoms in total. The number of aromatic nitrogens is 3. The first-order valence-electron chi connectivity index (χ1n) is 7.56. The summed E-state index contributed by atoms with van der Waals surface area (Å²) in [5.41, 5.74) is 5.66. The molecule has 0 saturated carbocycles. The van der Waals surface area contributed by atoms with Crippen LogP contribution in [0.5, 0.6) is 6.01 Å². The summed E-state index contributed by atoms with van der Waals surface area (Å²) < 4.78 is 5.39. The maximum Gasteiger partial charge on any atom is 0.323 e. The summed E-state index contributed by atoms with van der Waals surface area (Å²) >= 11 is 0. The number of hydrogen-bond donors (Lipinski definition) is 2. The van der Waals surface area contributed by atoms with Crippen molar-refractivity contribution in [3.63, 3.8) is 0 Å². The van der Waals surface area contributed by atoms with Gasteiger partial charge in [0, 0.05) is 6.04 Å². The van der Waals surface area contributed by atoms with Crippen molar-refractivity contribution in [2.24, 2.45) is 0 Å². The van der Waals surface area contributed by atoms with E-state index in [1.54, 1.807) is 0 Å². The summed E-state index contributed by atoms with van der Waals surface area (Å²) in [5, 5.41) is 3.25. The molecule has 114 valence electrons. The first kappa shape index (κ1) is 16.5. The zero-order chi connectivity index (χ0) is 14.8. The number of nitrogen functional groups attached to an aromatic ring is 1. The molecule has 0 spiro atoms. The standard InChI is InChI=1S/C14H27N5O/c1-4-6-7-8-9-11(3)16-13-17-12(15)18-14(19-13)20-10-5-2/h11H,4-10H2,1-3H3,(H3,15,16,17,18,19). The van der Waals surface area contributed by atoms with Crippen LogP contribution in [0.15, 0.2) is 0 Å². The second kappa shape index (κ2) is 9.34. The number of ether oxygens (including phenoxy) is 1. The van der Waals surface area contributed by atoms with Crippen molar-refractivity contribution in [1.29, 1.82) is 0 Å². The predicted octanol–water partition coefficient (Wildman–Crippen LogP) is 3.01. The Bertz CT molecular complexity index is 386. The molecule has 20 heavy (non-hydrogen) atoms. The lowest BCUT2D eigenvalue weighted by molar-refractivity contribution is 0.292. The molecule has 1 atom stereocenters. The zero-order valence-corrected chi connectivity index (χ0v) is 12.9. The molecule has 0 aromatic carbocycles. The number of nitrogens with two attached hydrogens (primary N) is 1. The third kappa shape index (κ3) is 6.54. The Morgan fingerprint density at radius 2 is 1.90 bits per heavy atom. The molecule has 0 aliphatic heterocycles. The first-order chi connectivity index (χ1) is 9.65. The van der Waals surface area contributed by atoms with Crippen LogP contribution in [-0.4, -0.2) is 27.6 Å². The summed E-state index contributed by atoms with van der Waals surface area (Å²) in [6.07, 6.45) is 7.03. The Morgan fingerprint density at radius 3 is 2.60 bits per heavy atom. The lowest BCUT2D eigenvalue weighted by Gasteiger charge is -2.14. The highest BCUT2D eigenvalue weighted by Crippen LogP contribution is 2.12. The Hall–Kier alpha value is -1.59. The fraction of sp³-hybridized carbons (Fsp3) is 0.786. The van der Waals surface area contributed by atoms with Gasteiger partial charge >= 0.3 is 6.01 Å². The Labute approximate surface area is 121 Å². The molecule has 0 radical (unpaired) electrons. The van der Waals surface area contributed by atoms with Gasteiger partial charge < -0.3 is 15.8 Å². The number of hydrogen-bond acceptors (Lipinski definition) is 6. The minimum Gasteiger partial charge on any atom is -0.463 e. The summed E-state index contributed by atoms with van der Waals surface area (Å²) in [6, 6.07) is 0.604. The Morgan fingerprint density at radius 1 is 1.10 bits per heavy atom. The molecule has 0 aliphatic rings. The van der Waals surface area contributed by atoms with Crippen LogP contribution in [0.3, 0.4) is 0 Å². The molecule has 1 unspecified atom stereocenters. The molecule has 6 heteroatoms. The van der Waals surface area contributed by atoms with Crippen LogP contribution in [0.25, 0.3) is 0 Å². The molecule has 1 rings (SSSR count). The van der Waals surface area contributed by atoms with Crippen LogP contribution in [0.2, 0.25) is 0 Å². The molecule has 0 fully saturated rings. The maximum absolute atomic E-state index is 5.66. The van der Waals surface area contributed by atoms with Crippen molar-refractivity contribution in [2.45, 2.75) is 65.3 Å². The van der Waals surface area contributed by atoms with E-state index in [0.717, 1.165) is 12.8 Å². The van der Waals surface area contributed by atoms with Crippen molar-refractivity contribution in [3.8, 4) is 6.01 Å². The van der Waals surface area contributed by atoms with E-state index < -0.39 is 0 Å². The van der Waals surface area contributed by atoms with E-state index in [4.69, 9.17) is 10.5 Å². The van der Waals surface area contributed by atoms with Crippen LogP contribution in [0.4, 0.5) is 11.9 Å². The molecule has 0 saturated heterocycles. The predicted molar refractivity (Wildman–Crippen MR) is 81.9 cm³/mol. The highest BCUT2D eigenvalue weighted by Gasteiger charge is 2.08. The third-order valence-corrected chi connectivity index (χ3v) is 2.93. The maximum atomic E-state index is 5.66. The van der Waals surface area contributed by atoms with Gasteiger partial charge in [0.2, 0.25) is 11.9 Å². The minimum absolute atomic E-state index is 0.187. The molecule has 0 aliphatic carbocycles. The Kier molecular flexibility index (Phi) is 7.69. The molecular formula is C14H27N5O. The zero-order valence-electron chi connectivity index (χ0n) is 12.9. The summed E-state index contributed by atoms with van der Waals surface area (Å²) in [6.45, 7) is 6.95. The van der Waals surface area contributed by atoms with Crippen molar-refractivity contribution < 1.29 is 4.74 Å². The van der Waals surface area contributed by atoms with E-state index in [1.807, 2.05) is 6.92 Å². The summed E-state index contributed by atoms with van der Waals surface area (Å²) in [4.78, 5) is 12.3. The van der Waals surface area contributed by atoms with Gasteiger partial charge in [-0.25, -0.2) is 0 Å².